The zero-order chi connectivity index (χ0) is 41.8. The summed E-state index contributed by atoms with van der Waals surface area (Å²) in [5, 5.41) is 12.7. The lowest BCUT2D eigenvalue weighted by molar-refractivity contribution is -0.147. The van der Waals surface area contributed by atoms with E-state index in [4.69, 9.17) is 13.8 Å². The molecule has 0 saturated heterocycles. The van der Waals surface area contributed by atoms with E-state index < -0.39 is 26.5 Å². The largest absolute Gasteiger partial charge is 0.472 e. The normalized spacial score (nSPS) is 13.7. The molecule has 0 fully saturated rings. The minimum Gasteiger partial charge on any atom is -0.463 e. The minimum absolute atomic E-state index is 0.0707. The summed E-state index contributed by atoms with van der Waals surface area (Å²) in [5.41, 5.74) is 0. The van der Waals surface area contributed by atoms with E-state index in [0.29, 0.717) is 6.42 Å². The first-order valence-electron chi connectivity index (χ1n) is 23.1. The van der Waals surface area contributed by atoms with E-state index >= 15 is 0 Å². The number of phosphoric ester groups is 1. The molecule has 2 atom stereocenters. The second kappa shape index (κ2) is 43.5. The average Bonchev–Trinajstić information content (AvgIpc) is 3.20. The first kappa shape index (κ1) is 55.0. The first-order valence-corrected chi connectivity index (χ1v) is 24.6. The molecule has 0 aromatic rings. The molecule has 0 aromatic heterocycles. The molecule has 1 amide bonds. The fraction of sp³-hybridized carbons (Fsp3) is 0.787. The number of unbranched alkanes of at least 4 members (excludes halogenated alkanes) is 22. The van der Waals surface area contributed by atoms with Gasteiger partial charge in [0.1, 0.15) is 12.7 Å². The summed E-state index contributed by atoms with van der Waals surface area (Å²) >= 11 is 0. The number of esters is 1. The molecule has 0 spiro atoms. The molecule has 0 aliphatic carbocycles. The summed E-state index contributed by atoms with van der Waals surface area (Å²) < 4.78 is 26.9. The molecule has 2 unspecified atom stereocenters. The standard InChI is InChI=1S/C47H86NO8P/c1-3-5-7-9-11-13-15-17-19-20-21-22-23-24-26-27-29-31-33-35-37-39-46(50)48-41-42-55-57(52,53)56-44-45(49)43-54-47(51)40-38-36-34-32-30-28-25-18-16-14-12-10-8-6-4-2/h11,13,17,19,21-22,24,26,45,49H,3-10,12,14-16,18,20,23,25,27-44H2,1-2H3,(H,48,50)(H,52,53)/b13-11-,19-17-,22-21-,26-24-. The third kappa shape index (κ3) is 44.9. The van der Waals surface area contributed by atoms with Crippen LogP contribution in [-0.4, -0.2) is 54.3 Å². The summed E-state index contributed by atoms with van der Waals surface area (Å²) in [6, 6.07) is 0. The van der Waals surface area contributed by atoms with Gasteiger partial charge in [0.15, 0.2) is 0 Å². The Kier molecular flexibility index (Phi) is 42.0. The molecule has 0 radical (unpaired) electrons. The van der Waals surface area contributed by atoms with Gasteiger partial charge in [0.2, 0.25) is 5.91 Å². The highest BCUT2D eigenvalue weighted by Crippen LogP contribution is 2.42. The van der Waals surface area contributed by atoms with Crippen molar-refractivity contribution in [2.24, 2.45) is 0 Å². The number of rotatable bonds is 43. The highest BCUT2D eigenvalue weighted by atomic mass is 31.2. The number of carbonyl (C=O) groups excluding carboxylic acids is 2. The highest BCUT2D eigenvalue weighted by molar-refractivity contribution is 7.47. The Morgan fingerprint density at radius 2 is 0.947 bits per heavy atom. The van der Waals surface area contributed by atoms with Gasteiger partial charge < -0.3 is 20.1 Å². The van der Waals surface area contributed by atoms with Gasteiger partial charge in [-0.25, -0.2) is 4.57 Å². The Balaban J connectivity index is 3.62. The predicted molar refractivity (Wildman–Crippen MR) is 238 cm³/mol. The van der Waals surface area contributed by atoms with E-state index in [0.717, 1.165) is 77.0 Å². The van der Waals surface area contributed by atoms with Crippen molar-refractivity contribution in [1.82, 2.24) is 5.32 Å². The fourth-order valence-electron chi connectivity index (χ4n) is 6.25. The van der Waals surface area contributed by atoms with E-state index in [1.54, 1.807) is 0 Å². The van der Waals surface area contributed by atoms with Crippen LogP contribution in [0.1, 0.15) is 206 Å². The summed E-state index contributed by atoms with van der Waals surface area (Å²) in [7, 11) is -4.42. The highest BCUT2D eigenvalue weighted by Gasteiger charge is 2.23. The molecule has 0 heterocycles. The Hall–Kier alpha value is -2.03. The average molecular weight is 824 g/mol. The SMILES string of the molecule is CCCCC/C=C\C/C=C\C/C=C\C/C=C\CCCCCCCC(=O)NCCOP(=O)(O)OCC(O)COC(=O)CCCCCCCCCCCCCCCCC. The van der Waals surface area contributed by atoms with Crippen LogP contribution in [0.3, 0.4) is 0 Å². The Morgan fingerprint density at radius 3 is 1.46 bits per heavy atom. The number of amides is 1. The quantitative estimate of drug-likeness (QED) is 0.0240. The van der Waals surface area contributed by atoms with Crippen LogP contribution >= 0.6 is 7.82 Å². The number of aliphatic hydroxyl groups is 1. The molecule has 0 rings (SSSR count). The van der Waals surface area contributed by atoms with Gasteiger partial charge in [-0.2, -0.15) is 0 Å². The van der Waals surface area contributed by atoms with Crippen LogP contribution in [0.5, 0.6) is 0 Å². The van der Waals surface area contributed by atoms with E-state index in [9.17, 15) is 24.2 Å². The van der Waals surface area contributed by atoms with Gasteiger partial charge >= 0.3 is 13.8 Å². The van der Waals surface area contributed by atoms with Gasteiger partial charge in [-0.3, -0.25) is 18.6 Å². The fourth-order valence-corrected chi connectivity index (χ4v) is 7.00. The molecule has 0 aliphatic rings. The molecule has 0 bridgehead atoms. The van der Waals surface area contributed by atoms with Crippen molar-refractivity contribution in [2.45, 2.75) is 213 Å². The van der Waals surface area contributed by atoms with Gasteiger partial charge in [-0.05, 0) is 57.8 Å². The topological polar surface area (TPSA) is 131 Å². The van der Waals surface area contributed by atoms with Gasteiger partial charge in [0.25, 0.3) is 0 Å². The van der Waals surface area contributed by atoms with Gasteiger partial charge in [0.05, 0.1) is 13.2 Å². The monoisotopic (exact) mass is 824 g/mol. The lowest BCUT2D eigenvalue weighted by atomic mass is 10.0. The van der Waals surface area contributed by atoms with Crippen LogP contribution in [0.15, 0.2) is 48.6 Å². The Bertz CT molecular complexity index is 1080. The maximum absolute atomic E-state index is 12.1. The van der Waals surface area contributed by atoms with Crippen molar-refractivity contribution in [3.8, 4) is 0 Å². The molecule has 57 heavy (non-hydrogen) atoms. The third-order valence-electron chi connectivity index (χ3n) is 9.76. The maximum atomic E-state index is 12.1. The van der Waals surface area contributed by atoms with Gasteiger partial charge in [0, 0.05) is 19.4 Å². The van der Waals surface area contributed by atoms with Crippen LogP contribution in [0.4, 0.5) is 0 Å². The van der Waals surface area contributed by atoms with Crippen LogP contribution in [0, 0.1) is 0 Å². The van der Waals surface area contributed by atoms with Gasteiger partial charge in [-0.15, -0.1) is 0 Å². The zero-order valence-electron chi connectivity index (χ0n) is 36.5. The predicted octanol–water partition coefficient (Wildman–Crippen LogP) is 13.1. The lowest BCUT2D eigenvalue weighted by Gasteiger charge is -2.15. The summed E-state index contributed by atoms with van der Waals surface area (Å²) in [6.45, 7) is 3.51. The molecule has 3 N–H and O–H groups in total. The number of ether oxygens (including phenoxy) is 1. The zero-order valence-corrected chi connectivity index (χ0v) is 37.4. The molecule has 0 saturated carbocycles. The summed E-state index contributed by atoms with van der Waals surface area (Å²) in [4.78, 5) is 34.0. The maximum Gasteiger partial charge on any atom is 0.472 e. The summed E-state index contributed by atoms with van der Waals surface area (Å²) in [6.07, 6.45) is 50.4. The van der Waals surface area contributed by atoms with Crippen molar-refractivity contribution < 1.29 is 37.9 Å². The van der Waals surface area contributed by atoms with E-state index in [-0.39, 0.29) is 32.1 Å². The number of phosphoric acid groups is 1. The Morgan fingerprint density at radius 1 is 0.544 bits per heavy atom. The number of carbonyl (C=O) groups is 2. The lowest BCUT2D eigenvalue weighted by Crippen LogP contribution is -2.27. The van der Waals surface area contributed by atoms with Crippen LogP contribution in [-0.2, 0) is 27.9 Å². The van der Waals surface area contributed by atoms with Crippen LogP contribution in [0.2, 0.25) is 0 Å². The first-order chi connectivity index (χ1) is 27.8. The number of hydrogen-bond acceptors (Lipinski definition) is 7. The molecular weight excluding hydrogens is 737 g/mol. The Labute approximate surface area is 349 Å². The second-order valence-electron chi connectivity index (χ2n) is 15.4. The van der Waals surface area contributed by atoms with Crippen molar-refractivity contribution in [1.29, 1.82) is 0 Å². The van der Waals surface area contributed by atoms with Crippen molar-refractivity contribution in [2.75, 3.05) is 26.4 Å². The third-order valence-corrected chi connectivity index (χ3v) is 10.7. The number of hydrogen-bond donors (Lipinski definition) is 3. The van der Waals surface area contributed by atoms with Crippen LogP contribution in [0.25, 0.3) is 0 Å². The number of aliphatic hydroxyl groups excluding tert-OH is 1. The molecular formula is C47H86NO8P. The molecule has 0 aromatic carbocycles. The van der Waals surface area contributed by atoms with Crippen LogP contribution < -0.4 is 5.32 Å². The van der Waals surface area contributed by atoms with Crippen molar-refractivity contribution >= 4 is 19.7 Å². The van der Waals surface area contributed by atoms with Crippen molar-refractivity contribution in [3.63, 3.8) is 0 Å². The number of allylic oxidation sites excluding steroid dienone is 8. The molecule has 0 aliphatic heterocycles. The molecule has 332 valence electrons. The van der Waals surface area contributed by atoms with E-state index in [1.165, 1.54) is 103 Å². The molecule has 10 heteroatoms. The smallest absolute Gasteiger partial charge is 0.463 e. The van der Waals surface area contributed by atoms with E-state index in [2.05, 4.69) is 67.8 Å². The van der Waals surface area contributed by atoms with Crippen molar-refractivity contribution in [3.05, 3.63) is 48.6 Å². The summed E-state index contributed by atoms with van der Waals surface area (Å²) in [5.74, 6) is -0.531. The van der Waals surface area contributed by atoms with Gasteiger partial charge in [-0.1, -0.05) is 184 Å². The number of nitrogens with one attached hydrogen (secondary N) is 1. The van der Waals surface area contributed by atoms with E-state index in [1.807, 2.05) is 0 Å². The second-order valence-corrected chi connectivity index (χ2v) is 16.8. The minimum atomic E-state index is -4.42. The molecule has 9 nitrogen and oxygen atoms in total.